The molecule has 0 aliphatic carbocycles. The number of fused-ring (bicyclic) bond motifs is 1. The van der Waals surface area contributed by atoms with Crippen molar-refractivity contribution in [2.75, 3.05) is 23.8 Å². The summed E-state index contributed by atoms with van der Waals surface area (Å²) in [6.07, 6.45) is 4.06. The Hall–Kier alpha value is -6.13. The van der Waals surface area contributed by atoms with Gasteiger partial charge in [-0.3, -0.25) is 9.36 Å². The molecule has 2 heterocycles. The number of hydrogen-bond donors (Lipinski definition) is 2. The maximum Gasteiger partial charge on any atom is 0.323 e. The van der Waals surface area contributed by atoms with Gasteiger partial charge in [-0.05, 0) is 89.0 Å². The van der Waals surface area contributed by atoms with Crippen molar-refractivity contribution in [2.24, 2.45) is 10.2 Å². The van der Waals surface area contributed by atoms with E-state index < -0.39 is 6.03 Å². The molecule has 0 saturated heterocycles. The molecule has 10 heteroatoms. The van der Waals surface area contributed by atoms with Gasteiger partial charge in [-0.2, -0.15) is 10.2 Å². The molecule has 0 radical (unpaired) electrons. The van der Waals surface area contributed by atoms with Crippen LogP contribution in [0.4, 0.5) is 27.5 Å². The van der Waals surface area contributed by atoms with Gasteiger partial charge in [0.1, 0.15) is 17.1 Å². The number of aromatic nitrogens is 2. The number of azo groups is 1. The topological polar surface area (TPSA) is 119 Å². The number of pyridine rings is 2. The fraction of sp³-hybridized carbons (Fsp3) is 0.298. The molecule has 2 amide bonds. The van der Waals surface area contributed by atoms with E-state index in [0.717, 1.165) is 46.2 Å². The lowest BCUT2D eigenvalue weighted by Gasteiger charge is -2.22. The first-order valence-corrected chi connectivity index (χ1v) is 19.8. The van der Waals surface area contributed by atoms with Gasteiger partial charge >= 0.3 is 6.03 Å². The van der Waals surface area contributed by atoms with Crippen LogP contribution >= 0.6 is 0 Å². The molecule has 0 unspecified atom stereocenters. The molecule has 0 bridgehead atoms. The SMILES string of the molecule is CCCCn1c(=O)c(NC(=O)Nc2c(C(C)C)cc(N=Nc3ccccc3)cc2C(C)C)c(-c2cccc(OCCCOCc3ccccc3)c2)c2cccnc21. The highest BCUT2D eigenvalue weighted by Crippen LogP contribution is 2.38. The van der Waals surface area contributed by atoms with Gasteiger partial charge in [-0.1, -0.05) is 102 Å². The van der Waals surface area contributed by atoms with Crippen molar-refractivity contribution in [3.63, 3.8) is 0 Å². The number of carbonyl (C=O) groups is 1. The van der Waals surface area contributed by atoms with Gasteiger partial charge in [-0.15, -0.1) is 0 Å². The number of hydrogen-bond acceptors (Lipinski definition) is 7. The van der Waals surface area contributed by atoms with Gasteiger partial charge in [0.25, 0.3) is 5.56 Å². The number of ether oxygens (including phenoxy) is 2. The first kappa shape index (κ1) is 40.5. The largest absolute Gasteiger partial charge is 0.493 e. The molecule has 0 aliphatic rings. The van der Waals surface area contributed by atoms with Gasteiger partial charge in [-0.25, -0.2) is 9.78 Å². The highest BCUT2D eigenvalue weighted by atomic mass is 16.5. The third kappa shape index (κ3) is 10.4. The van der Waals surface area contributed by atoms with Crippen molar-refractivity contribution >= 4 is 39.8 Å². The standard InChI is InChI=1S/C47H52N6O4/c1-6-7-25-53-45-39(23-15-24-48-45)42(35-19-14-22-38(28-35)57-27-16-26-56-31-34-17-10-8-11-18-34)44(46(53)54)50-47(55)49-43-40(32(2)3)29-37(30-41(43)33(4)5)52-51-36-20-12-9-13-21-36/h8-15,17-24,28-30,32-33H,6-7,16,25-27,31H2,1-5H3,(H2,49,50,55). The van der Waals surface area contributed by atoms with E-state index in [0.29, 0.717) is 61.1 Å². The highest BCUT2D eigenvalue weighted by molar-refractivity contribution is 6.08. The van der Waals surface area contributed by atoms with Crippen molar-refractivity contribution in [3.05, 3.63) is 142 Å². The minimum absolute atomic E-state index is 0.0522. The van der Waals surface area contributed by atoms with Gasteiger partial charge in [0.2, 0.25) is 0 Å². The maximum atomic E-state index is 14.5. The van der Waals surface area contributed by atoms with E-state index in [1.807, 2.05) is 109 Å². The van der Waals surface area contributed by atoms with Crippen LogP contribution in [0.1, 0.15) is 82.4 Å². The first-order valence-electron chi connectivity index (χ1n) is 19.8. The summed E-state index contributed by atoms with van der Waals surface area (Å²) in [5.74, 6) is 0.749. The van der Waals surface area contributed by atoms with Gasteiger partial charge in [0.05, 0.1) is 31.2 Å². The fourth-order valence-corrected chi connectivity index (χ4v) is 6.73. The molecule has 0 saturated carbocycles. The normalized spacial score (nSPS) is 11.5. The monoisotopic (exact) mass is 764 g/mol. The second-order valence-electron chi connectivity index (χ2n) is 14.6. The average Bonchev–Trinajstić information content (AvgIpc) is 3.22. The summed E-state index contributed by atoms with van der Waals surface area (Å²) in [5, 5.41) is 15.9. The van der Waals surface area contributed by atoms with E-state index in [-0.39, 0.29) is 23.1 Å². The van der Waals surface area contributed by atoms with Crippen LogP contribution in [-0.2, 0) is 17.9 Å². The van der Waals surface area contributed by atoms with Crippen molar-refractivity contribution in [1.82, 2.24) is 9.55 Å². The van der Waals surface area contributed by atoms with Crippen LogP contribution in [0.5, 0.6) is 5.75 Å². The number of aryl methyl sites for hydroxylation is 1. The van der Waals surface area contributed by atoms with Gasteiger partial charge in [0.15, 0.2) is 0 Å². The Kier molecular flexibility index (Phi) is 14.0. The van der Waals surface area contributed by atoms with E-state index in [9.17, 15) is 9.59 Å². The van der Waals surface area contributed by atoms with Crippen LogP contribution in [0.15, 0.2) is 130 Å². The summed E-state index contributed by atoms with van der Waals surface area (Å²) in [5.41, 5.74) is 6.79. The second kappa shape index (κ2) is 19.6. The summed E-state index contributed by atoms with van der Waals surface area (Å²) in [6, 6.07) is 34.5. The second-order valence-corrected chi connectivity index (χ2v) is 14.6. The zero-order chi connectivity index (χ0) is 40.1. The van der Waals surface area contributed by atoms with Crippen LogP contribution in [0.2, 0.25) is 0 Å². The number of nitrogens with zero attached hydrogens (tertiary/aromatic N) is 4. The van der Waals surface area contributed by atoms with Crippen LogP contribution < -0.4 is 20.9 Å². The van der Waals surface area contributed by atoms with Gasteiger partial charge in [0, 0.05) is 35.8 Å². The molecule has 0 spiro atoms. The first-order chi connectivity index (χ1) is 27.7. The van der Waals surface area contributed by atoms with Crippen molar-refractivity contribution in [2.45, 2.75) is 78.9 Å². The summed E-state index contributed by atoms with van der Waals surface area (Å²) >= 11 is 0. The Bertz CT molecular complexity index is 2330. The predicted octanol–water partition coefficient (Wildman–Crippen LogP) is 12.2. The number of amides is 2. The smallest absolute Gasteiger partial charge is 0.323 e. The third-order valence-electron chi connectivity index (χ3n) is 9.63. The van der Waals surface area contributed by atoms with Crippen LogP contribution in [-0.4, -0.2) is 28.8 Å². The fourth-order valence-electron chi connectivity index (χ4n) is 6.73. The lowest BCUT2D eigenvalue weighted by Crippen LogP contribution is -2.30. The Balaban J connectivity index is 1.31. The zero-order valence-corrected chi connectivity index (χ0v) is 33.5. The molecule has 0 fully saturated rings. The lowest BCUT2D eigenvalue weighted by atomic mass is 9.92. The van der Waals surface area contributed by atoms with Gasteiger partial charge < -0.3 is 20.1 Å². The molecule has 6 aromatic rings. The molecule has 2 aromatic heterocycles. The molecule has 4 aromatic carbocycles. The summed E-state index contributed by atoms with van der Waals surface area (Å²) in [6.45, 7) is 12.4. The Morgan fingerprint density at radius 3 is 2.14 bits per heavy atom. The summed E-state index contributed by atoms with van der Waals surface area (Å²) < 4.78 is 13.7. The van der Waals surface area contributed by atoms with E-state index in [1.54, 1.807) is 10.8 Å². The molecular formula is C47H52N6O4. The van der Waals surface area contributed by atoms with Crippen LogP contribution in [0, 0.1) is 0 Å². The molecule has 0 aliphatic heterocycles. The number of rotatable bonds is 17. The van der Waals surface area contributed by atoms with Crippen molar-refractivity contribution in [1.29, 1.82) is 0 Å². The summed E-state index contributed by atoms with van der Waals surface area (Å²) in [7, 11) is 0. The molecular weight excluding hydrogens is 713 g/mol. The minimum atomic E-state index is -0.524. The molecule has 0 atom stereocenters. The quantitative estimate of drug-likeness (QED) is 0.0708. The third-order valence-corrected chi connectivity index (χ3v) is 9.63. The Labute approximate surface area is 335 Å². The lowest BCUT2D eigenvalue weighted by molar-refractivity contribution is 0.107. The van der Waals surface area contributed by atoms with E-state index in [2.05, 4.69) is 60.5 Å². The van der Waals surface area contributed by atoms with Crippen LogP contribution in [0.3, 0.4) is 0 Å². The maximum absolute atomic E-state index is 14.5. The number of urea groups is 1. The molecule has 57 heavy (non-hydrogen) atoms. The number of unbranched alkanes of at least 4 members (excludes halogenated alkanes) is 1. The van der Waals surface area contributed by atoms with E-state index in [4.69, 9.17) is 9.47 Å². The Morgan fingerprint density at radius 1 is 0.754 bits per heavy atom. The number of benzene rings is 4. The minimum Gasteiger partial charge on any atom is -0.493 e. The van der Waals surface area contributed by atoms with Crippen LogP contribution in [0.25, 0.3) is 22.2 Å². The Morgan fingerprint density at radius 2 is 1.44 bits per heavy atom. The van der Waals surface area contributed by atoms with E-state index >= 15 is 0 Å². The van der Waals surface area contributed by atoms with Crippen molar-refractivity contribution in [3.8, 4) is 16.9 Å². The van der Waals surface area contributed by atoms with E-state index in [1.165, 1.54) is 0 Å². The molecule has 10 nitrogen and oxygen atoms in total. The number of carbonyl (C=O) groups excluding carboxylic acids is 1. The molecule has 294 valence electrons. The molecule has 2 N–H and O–H groups in total. The summed E-state index contributed by atoms with van der Waals surface area (Å²) in [4.78, 5) is 33.4. The number of anilines is 2. The number of nitrogens with one attached hydrogen (secondary N) is 2. The highest BCUT2D eigenvalue weighted by Gasteiger charge is 2.23. The molecule has 6 rings (SSSR count). The predicted molar refractivity (Wildman–Crippen MR) is 230 cm³/mol. The average molecular weight is 765 g/mol. The zero-order valence-electron chi connectivity index (χ0n) is 33.5. The van der Waals surface area contributed by atoms with Crippen molar-refractivity contribution < 1.29 is 14.3 Å².